The molecule has 2 aromatic heterocycles. The summed E-state index contributed by atoms with van der Waals surface area (Å²) < 4.78 is 2.12. The van der Waals surface area contributed by atoms with E-state index in [0.29, 0.717) is 12.5 Å². The smallest absolute Gasteiger partial charge is 0.137 e. The molecule has 4 nitrogen and oxygen atoms in total. The van der Waals surface area contributed by atoms with E-state index in [2.05, 4.69) is 28.6 Å². The van der Waals surface area contributed by atoms with E-state index in [1.807, 2.05) is 12.1 Å². The molecule has 1 aliphatic rings. The van der Waals surface area contributed by atoms with Gasteiger partial charge in [0.2, 0.25) is 0 Å². The van der Waals surface area contributed by atoms with Gasteiger partial charge in [0.1, 0.15) is 5.65 Å². The number of fused-ring (bicyclic) bond motifs is 1. The van der Waals surface area contributed by atoms with Crippen LogP contribution in [0.2, 0.25) is 0 Å². The van der Waals surface area contributed by atoms with Crippen molar-refractivity contribution in [3.63, 3.8) is 0 Å². The van der Waals surface area contributed by atoms with Crippen LogP contribution < -0.4 is 5.73 Å². The lowest BCUT2D eigenvalue weighted by molar-refractivity contribution is 0.411. The van der Waals surface area contributed by atoms with E-state index in [1.165, 1.54) is 18.7 Å². The monoisotopic (exact) mass is 230 g/mol. The molecule has 2 N–H and O–H groups in total. The van der Waals surface area contributed by atoms with Gasteiger partial charge in [-0.05, 0) is 32.1 Å². The Balaban J connectivity index is 2.01. The lowest BCUT2D eigenvalue weighted by Gasteiger charge is -2.06. The number of nitrogens with zero attached hydrogens (tertiary/aromatic N) is 3. The lowest BCUT2D eigenvalue weighted by Crippen LogP contribution is -2.13. The van der Waals surface area contributed by atoms with Crippen molar-refractivity contribution in [3.05, 3.63) is 35.8 Å². The molecule has 0 spiro atoms. The van der Waals surface area contributed by atoms with Gasteiger partial charge in [-0.1, -0.05) is 6.07 Å². The zero-order valence-electron chi connectivity index (χ0n) is 10.1. The third kappa shape index (κ3) is 1.83. The summed E-state index contributed by atoms with van der Waals surface area (Å²) in [6.07, 6.45) is 3.36. The molecule has 1 fully saturated rings. The van der Waals surface area contributed by atoms with E-state index >= 15 is 0 Å². The van der Waals surface area contributed by atoms with Gasteiger partial charge in [0.15, 0.2) is 0 Å². The summed E-state index contributed by atoms with van der Waals surface area (Å²) in [5, 5.41) is 0. The summed E-state index contributed by atoms with van der Waals surface area (Å²) in [5.74, 6) is 0.575. The van der Waals surface area contributed by atoms with Crippen LogP contribution in [0, 0.1) is 0 Å². The van der Waals surface area contributed by atoms with Gasteiger partial charge in [-0.3, -0.25) is 0 Å². The number of nitrogens with two attached hydrogens (primary N) is 1. The zero-order chi connectivity index (χ0) is 11.8. The number of hydrogen-bond donors (Lipinski definition) is 1. The molecule has 1 aliphatic heterocycles. The number of aromatic nitrogens is 2. The Morgan fingerprint density at radius 1 is 1.47 bits per heavy atom. The van der Waals surface area contributed by atoms with Crippen LogP contribution in [0.25, 0.3) is 5.65 Å². The highest BCUT2D eigenvalue weighted by Gasteiger charge is 2.23. The standard InChI is InChI=1S/C13H18N4/c1-16-6-5-10(8-16)12-9-17-11(7-14)3-2-4-13(17)15-12/h2-4,9-10H,5-8,14H2,1H3. The second-order valence-corrected chi connectivity index (χ2v) is 4.86. The lowest BCUT2D eigenvalue weighted by atomic mass is 10.1. The molecule has 0 saturated carbocycles. The Kier molecular flexibility index (Phi) is 2.61. The van der Waals surface area contributed by atoms with Crippen molar-refractivity contribution in [2.45, 2.75) is 18.9 Å². The van der Waals surface area contributed by atoms with Crippen LogP contribution in [-0.2, 0) is 6.54 Å². The van der Waals surface area contributed by atoms with Crippen LogP contribution in [0.15, 0.2) is 24.4 Å². The van der Waals surface area contributed by atoms with E-state index in [1.54, 1.807) is 0 Å². The van der Waals surface area contributed by atoms with Crippen molar-refractivity contribution >= 4 is 5.65 Å². The summed E-state index contributed by atoms with van der Waals surface area (Å²) in [4.78, 5) is 7.08. The fraction of sp³-hybridized carbons (Fsp3) is 0.462. The van der Waals surface area contributed by atoms with E-state index in [-0.39, 0.29) is 0 Å². The highest BCUT2D eigenvalue weighted by Crippen LogP contribution is 2.26. The van der Waals surface area contributed by atoms with Crippen LogP contribution in [0.3, 0.4) is 0 Å². The minimum atomic E-state index is 0.553. The maximum absolute atomic E-state index is 5.74. The molecule has 4 heteroatoms. The molecular formula is C13H18N4. The minimum Gasteiger partial charge on any atom is -0.325 e. The van der Waals surface area contributed by atoms with Gasteiger partial charge in [-0.25, -0.2) is 4.98 Å². The average molecular weight is 230 g/mol. The fourth-order valence-electron chi connectivity index (χ4n) is 2.63. The molecule has 1 unspecified atom stereocenters. The largest absolute Gasteiger partial charge is 0.325 e. The molecule has 3 rings (SSSR count). The first-order chi connectivity index (χ1) is 8.28. The van der Waals surface area contributed by atoms with Crippen molar-refractivity contribution in [1.82, 2.24) is 14.3 Å². The molecule has 1 saturated heterocycles. The number of imidazole rings is 1. The van der Waals surface area contributed by atoms with Gasteiger partial charge in [0.05, 0.1) is 5.69 Å². The molecule has 0 bridgehead atoms. The van der Waals surface area contributed by atoms with Crippen molar-refractivity contribution in [1.29, 1.82) is 0 Å². The maximum Gasteiger partial charge on any atom is 0.137 e. The number of rotatable bonds is 2. The molecule has 2 aromatic rings. The number of likely N-dealkylation sites (N-methyl/N-ethyl adjacent to an activating group) is 1. The number of hydrogen-bond acceptors (Lipinski definition) is 3. The summed E-state index contributed by atoms with van der Waals surface area (Å²) >= 11 is 0. The second kappa shape index (κ2) is 4.13. The molecule has 0 amide bonds. The quantitative estimate of drug-likeness (QED) is 0.843. The Morgan fingerprint density at radius 2 is 2.35 bits per heavy atom. The van der Waals surface area contributed by atoms with Crippen LogP contribution in [0.5, 0.6) is 0 Å². The van der Waals surface area contributed by atoms with E-state index in [9.17, 15) is 0 Å². The van der Waals surface area contributed by atoms with Crippen molar-refractivity contribution in [2.24, 2.45) is 5.73 Å². The van der Waals surface area contributed by atoms with Gasteiger partial charge in [-0.2, -0.15) is 0 Å². The summed E-state index contributed by atoms with van der Waals surface area (Å²) in [5.41, 5.74) is 9.08. The Bertz CT molecular complexity index is 531. The fourth-order valence-corrected chi connectivity index (χ4v) is 2.63. The first kappa shape index (κ1) is 10.7. The van der Waals surface area contributed by atoms with E-state index < -0.39 is 0 Å². The van der Waals surface area contributed by atoms with Gasteiger partial charge in [-0.15, -0.1) is 0 Å². The van der Waals surface area contributed by atoms with E-state index in [0.717, 1.165) is 17.9 Å². The number of pyridine rings is 1. The Labute approximate surface area is 101 Å². The predicted molar refractivity (Wildman–Crippen MR) is 67.9 cm³/mol. The molecular weight excluding hydrogens is 212 g/mol. The molecule has 1 atom stereocenters. The molecule has 90 valence electrons. The van der Waals surface area contributed by atoms with Crippen LogP contribution >= 0.6 is 0 Å². The minimum absolute atomic E-state index is 0.553. The molecule has 3 heterocycles. The summed E-state index contributed by atoms with van der Waals surface area (Å²) in [6, 6.07) is 6.12. The molecule has 17 heavy (non-hydrogen) atoms. The predicted octanol–water partition coefficient (Wildman–Crippen LogP) is 1.21. The molecule has 0 aliphatic carbocycles. The normalized spacial score (nSPS) is 21.4. The highest BCUT2D eigenvalue weighted by molar-refractivity contribution is 5.42. The maximum atomic E-state index is 5.74. The van der Waals surface area contributed by atoms with Crippen molar-refractivity contribution < 1.29 is 0 Å². The summed E-state index contributed by atoms with van der Waals surface area (Å²) in [7, 11) is 2.17. The summed E-state index contributed by atoms with van der Waals surface area (Å²) in [6.45, 7) is 2.84. The van der Waals surface area contributed by atoms with E-state index in [4.69, 9.17) is 10.7 Å². The first-order valence-electron chi connectivity index (χ1n) is 6.13. The van der Waals surface area contributed by atoms with Gasteiger partial charge in [0, 0.05) is 30.9 Å². The molecule has 0 radical (unpaired) electrons. The van der Waals surface area contributed by atoms with Gasteiger partial charge < -0.3 is 15.0 Å². The first-order valence-corrected chi connectivity index (χ1v) is 6.13. The third-order valence-electron chi connectivity index (χ3n) is 3.61. The van der Waals surface area contributed by atoms with Crippen LogP contribution in [-0.4, -0.2) is 34.4 Å². The third-order valence-corrected chi connectivity index (χ3v) is 3.61. The Hall–Kier alpha value is -1.39. The molecule has 0 aromatic carbocycles. The zero-order valence-corrected chi connectivity index (χ0v) is 10.1. The number of likely N-dealkylation sites (tertiary alicyclic amines) is 1. The van der Waals surface area contributed by atoms with Gasteiger partial charge >= 0.3 is 0 Å². The van der Waals surface area contributed by atoms with Crippen LogP contribution in [0.1, 0.15) is 23.7 Å². The average Bonchev–Trinajstić information content (AvgIpc) is 2.93. The van der Waals surface area contributed by atoms with Crippen LogP contribution in [0.4, 0.5) is 0 Å². The second-order valence-electron chi connectivity index (χ2n) is 4.86. The van der Waals surface area contributed by atoms with Crippen molar-refractivity contribution in [2.75, 3.05) is 20.1 Å². The van der Waals surface area contributed by atoms with Gasteiger partial charge in [0.25, 0.3) is 0 Å². The highest BCUT2D eigenvalue weighted by atomic mass is 15.1. The Morgan fingerprint density at radius 3 is 3.06 bits per heavy atom. The SMILES string of the molecule is CN1CCC(c2cn3c(CN)cccc3n2)C1. The topological polar surface area (TPSA) is 46.6 Å². The van der Waals surface area contributed by atoms with Crippen molar-refractivity contribution in [3.8, 4) is 0 Å².